The van der Waals surface area contributed by atoms with Crippen molar-refractivity contribution in [2.45, 2.75) is 12.5 Å². The zero-order valence-corrected chi connectivity index (χ0v) is 9.36. The van der Waals surface area contributed by atoms with E-state index in [0.29, 0.717) is 6.42 Å². The molecule has 0 aromatic rings. The van der Waals surface area contributed by atoms with Crippen LogP contribution in [-0.2, 0) is 4.79 Å². The van der Waals surface area contributed by atoms with E-state index in [1.165, 1.54) is 4.90 Å². The molecule has 0 bridgehead atoms. The van der Waals surface area contributed by atoms with Crippen LogP contribution in [0.3, 0.4) is 0 Å². The predicted molar refractivity (Wildman–Crippen MR) is 57.2 cm³/mol. The molecule has 0 aromatic heterocycles. The van der Waals surface area contributed by atoms with Crippen molar-refractivity contribution in [3.05, 3.63) is 0 Å². The lowest BCUT2D eigenvalue weighted by Crippen LogP contribution is -2.49. The number of rotatable bonds is 3. The second-order valence-electron chi connectivity index (χ2n) is 3.92. The van der Waals surface area contributed by atoms with Crippen LogP contribution >= 0.6 is 0 Å². The van der Waals surface area contributed by atoms with Gasteiger partial charge >= 0.3 is 0 Å². The minimum Gasteiger partial charge on any atom is -0.349 e. The summed E-state index contributed by atoms with van der Waals surface area (Å²) in [6, 6.07) is 1.93. The molecule has 1 heterocycles. The molecule has 15 heavy (non-hydrogen) atoms. The van der Waals surface area contributed by atoms with Crippen LogP contribution in [0, 0.1) is 11.3 Å². The molecule has 5 heteroatoms. The van der Waals surface area contributed by atoms with Crippen LogP contribution in [0.4, 0.5) is 0 Å². The van der Waals surface area contributed by atoms with E-state index in [1.807, 2.05) is 0 Å². The number of hydrogen-bond donors (Lipinski definition) is 1. The summed E-state index contributed by atoms with van der Waals surface area (Å²) in [5.74, 6) is 0.0140. The van der Waals surface area contributed by atoms with E-state index in [0.717, 1.165) is 26.2 Å². The SMILES string of the molecule is CN(C)C(=O)CC(C#N)N1CCNCC1. The Labute approximate surface area is 90.6 Å². The Morgan fingerprint density at radius 1 is 1.53 bits per heavy atom. The lowest BCUT2D eigenvalue weighted by Gasteiger charge is -2.31. The van der Waals surface area contributed by atoms with Crippen LogP contribution < -0.4 is 5.32 Å². The molecule has 0 aromatic carbocycles. The molecule has 1 fully saturated rings. The van der Waals surface area contributed by atoms with Gasteiger partial charge in [-0.3, -0.25) is 9.69 Å². The summed E-state index contributed by atoms with van der Waals surface area (Å²) in [4.78, 5) is 15.1. The molecule has 0 aliphatic carbocycles. The van der Waals surface area contributed by atoms with Crippen LogP contribution in [0.5, 0.6) is 0 Å². The second kappa shape index (κ2) is 5.69. The van der Waals surface area contributed by atoms with Gasteiger partial charge in [-0.25, -0.2) is 0 Å². The third kappa shape index (κ3) is 3.50. The van der Waals surface area contributed by atoms with Gasteiger partial charge in [-0.2, -0.15) is 5.26 Å². The van der Waals surface area contributed by atoms with E-state index in [1.54, 1.807) is 14.1 Å². The fourth-order valence-electron chi connectivity index (χ4n) is 1.60. The molecular weight excluding hydrogens is 192 g/mol. The van der Waals surface area contributed by atoms with Gasteiger partial charge in [-0.1, -0.05) is 0 Å². The number of amides is 1. The van der Waals surface area contributed by atoms with E-state index < -0.39 is 0 Å². The number of nitrogens with one attached hydrogen (secondary N) is 1. The molecule has 5 nitrogen and oxygen atoms in total. The Hall–Kier alpha value is -1.12. The van der Waals surface area contributed by atoms with Gasteiger partial charge in [0.25, 0.3) is 0 Å². The first-order chi connectivity index (χ1) is 7.15. The van der Waals surface area contributed by atoms with Crippen molar-refractivity contribution < 1.29 is 4.79 Å². The van der Waals surface area contributed by atoms with Crippen LogP contribution in [0.1, 0.15) is 6.42 Å². The Morgan fingerprint density at radius 3 is 2.60 bits per heavy atom. The van der Waals surface area contributed by atoms with Gasteiger partial charge in [0.05, 0.1) is 12.5 Å². The lowest BCUT2D eigenvalue weighted by atomic mass is 10.1. The first kappa shape index (κ1) is 12.0. The highest BCUT2D eigenvalue weighted by molar-refractivity contribution is 5.76. The predicted octanol–water partition coefficient (Wildman–Crippen LogP) is -0.738. The second-order valence-corrected chi connectivity index (χ2v) is 3.92. The summed E-state index contributed by atoms with van der Waals surface area (Å²) in [7, 11) is 3.43. The Kier molecular flexibility index (Phi) is 4.53. The molecule has 1 saturated heterocycles. The smallest absolute Gasteiger partial charge is 0.224 e. The van der Waals surface area contributed by atoms with Crippen molar-refractivity contribution in [2.24, 2.45) is 0 Å². The van der Waals surface area contributed by atoms with Gasteiger partial charge in [0, 0.05) is 40.3 Å². The number of carbonyl (C=O) groups excluding carboxylic acids is 1. The maximum Gasteiger partial charge on any atom is 0.224 e. The van der Waals surface area contributed by atoms with E-state index in [4.69, 9.17) is 5.26 Å². The zero-order chi connectivity index (χ0) is 11.3. The first-order valence-corrected chi connectivity index (χ1v) is 5.19. The van der Waals surface area contributed by atoms with E-state index >= 15 is 0 Å². The molecule has 0 saturated carbocycles. The van der Waals surface area contributed by atoms with Crippen molar-refractivity contribution in [2.75, 3.05) is 40.3 Å². The van der Waals surface area contributed by atoms with Crippen LogP contribution in [0.15, 0.2) is 0 Å². The molecule has 1 N–H and O–H groups in total. The molecular formula is C10H18N4O. The third-order valence-corrected chi connectivity index (χ3v) is 2.61. The standard InChI is InChI=1S/C10H18N4O/c1-13(2)10(15)7-9(8-11)14-5-3-12-4-6-14/h9,12H,3-7H2,1-2H3. The van der Waals surface area contributed by atoms with Gasteiger partial charge < -0.3 is 10.2 Å². The van der Waals surface area contributed by atoms with Crippen LogP contribution in [0.2, 0.25) is 0 Å². The summed E-state index contributed by atoms with van der Waals surface area (Å²) < 4.78 is 0. The number of nitriles is 1. The molecule has 0 radical (unpaired) electrons. The molecule has 1 aliphatic rings. The zero-order valence-electron chi connectivity index (χ0n) is 9.36. The third-order valence-electron chi connectivity index (χ3n) is 2.61. The van der Waals surface area contributed by atoms with Crippen molar-refractivity contribution in [1.29, 1.82) is 5.26 Å². The Balaban J connectivity index is 2.48. The maximum atomic E-state index is 11.5. The summed E-state index contributed by atoms with van der Waals surface area (Å²) in [6.07, 6.45) is 0.295. The number of nitrogens with zero attached hydrogens (tertiary/aromatic N) is 3. The molecule has 1 aliphatic heterocycles. The highest BCUT2D eigenvalue weighted by Gasteiger charge is 2.23. The molecule has 1 atom stereocenters. The number of piperazine rings is 1. The largest absolute Gasteiger partial charge is 0.349 e. The topological polar surface area (TPSA) is 59.4 Å². The number of hydrogen-bond acceptors (Lipinski definition) is 4. The maximum absolute atomic E-state index is 11.5. The quantitative estimate of drug-likeness (QED) is 0.666. The fraction of sp³-hybridized carbons (Fsp3) is 0.800. The Bertz CT molecular complexity index is 253. The Morgan fingerprint density at radius 2 is 2.13 bits per heavy atom. The summed E-state index contributed by atoms with van der Waals surface area (Å²) in [5, 5.41) is 12.2. The summed E-state index contributed by atoms with van der Waals surface area (Å²) in [5.41, 5.74) is 0. The highest BCUT2D eigenvalue weighted by atomic mass is 16.2. The van der Waals surface area contributed by atoms with Crippen LogP contribution in [-0.4, -0.2) is 62.0 Å². The van der Waals surface area contributed by atoms with Gasteiger partial charge in [0.2, 0.25) is 5.91 Å². The van der Waals surface area contributed by atoms with Crippen LogP contribution in [0.25, 0.3) is 0 Å². The minimum absolute atomic E-state index is 0.0140. The van der Waals surface area contributed by atoms with Gasteiger partial charge in [0.1, 0.15) is 6.04 Å². The monoisotopic (exact) mass is 210 g/mol. The van der Waals surface area contributed by atoms with Crippen molar-refractivity contribution in [1.82, 2.24) is 15.1 Å². The molecule has 0 spiro atoms. The van der Waals surface area contributed by atoms with E-state index in [9.17, 15) is 4.79 Å². The van der Waals surface area contributed by atoms with E-state index in [2.05, 4.69) is 16.3 Å². The average Bonchev–Trinajstić information content (AvgIpc) is 2.26. The lowest BCUT2D eigenvalue weighted by molar-refractivity contribution is -0.129. The van der Waals surface area contributed by atoms with Gasteiger partial charge in [0.15, 0.2) is 0 Å². The molecule has 1 rings (SSSR count). The van der Waals surface area contributed by atoms with Crippen molar-refractivity contribution in [3.63, 3.8) is 0 Å². The summed E-state index contributed by atoms with van der Waals surface area (Å²) in [6.45, 7) is 3.49. The average molecular weight is 210 g/mol. The minimum atomic E-state index is -0.276. The van der Waals surface area contributed by atoms with Crippen molar-refractivity contribution in [3.8, 4) is 6.07 Å². The first-order valence-electron chi connectivity index (χ1n) is 5.19. The van der Waals surface area contributed by atoms with Crippen molar-refractivity contribution >= 4 is 5.91 Å². The fourth-order valence-corrected chi connectivity index (χ4v) is 1.60. The molecule has 1 unspecified atom stereocenters. The van der Waals surface area contributed by atoms with E-state index in [-0.39, 0.29) is 11.9 Å². The molecule has 84 valence electrons. The van der Waals surface area contributed by atoms with Gasteiger partial charge in [-0.05, 0) is 0 Å². The molecule has 1 amide bonds. The highest BCUT2D eigenvalue weighted by Crippen LogP contribution is 2.06. The number of carbonyl (C=O) groups is 1. The summed E-state index contributed by atoms with van der Waals surface area (Å²) >= 11 is 0. The normalized spacial score (nSPS) is 19.3. The van der Waals surface area contributed by atoms with Gasteiger partial charge in [-0.15, -0.1) is 0 Å².